The van der Waals surface area contributed by atoms with E-state index in [1.54, 1.807) is 10.9 Å². The van der Waals surface area contributed by atoms with Gasteiger partial charge in [0, 0.05) is 11.8 Å². The Kier molecular flexibility index (Phi) is 2.82. The molecular formula is C12H9ClN4O. The lowest BCUT2D eigenvalue weighted by molar-refractivity contribution is 0.386. The molecule has 3 rings (SSSR count). The van der Waals surface area contributed by atoms with E-state index in [-0.39, 0.29) is 5.88 Å². The van der Waals surface area contributed by atoms with Gasteiger partial charge in [0.2, 0.25) is 5.89 Å². The lowest BCUT2D eigenvalue weighted by atomic mass is 10.2. The Morgan fingerprint density at radius 1 is 1.17 bits per heavy atom. The Labute approximate surface area is 108 Å². The van der Waals surface area contributed by atoms with Crippen LogP contribution in [0.4, 0.5) is 0 Å². The molecule has 0 aliphatic heterocycles. The number of benzene rings is 1. The summed E-state index contributed by atoms with van der Waals surface area (Å²) in [6.07, 6.45) is 1.78. The monoisotopic (exact) mass is 260 g/mol. The Morgan fingerprint density at radius 2 is 2.00 bits per heavy atom. The first-order chi connectivity index (χ1) is 8.86. The minimum absolute atomic E-state index is 0.194. The van der Waals surface area contributed by atoms with Gasteiger partial charge in [-0.3, -0.25) is 0 Å². The molecule has 0 aliphatic carbocycles. The van der Waals surface area contributed by atoms with E-state index in [1.165, 1.54) is 0 Å². The lowest BCUT2D eigenvalue weighted by Crippen LogP contribution is -1.97. The zero-order valence-electron chi connectivity index (χ0n) is 9.32. The zero-order valence-corrected chi connectivity index (χ0v) is 10.1. The summed E-state index contributed by atoms with van der Waals surface area (Å²) in [6, 6.07) is 11.8. The molecule has 0 radical (unpaired) electrons. The molecule has 0 bridgehead atoms. The topological polar surface area (TPSA) is 56.7 Å². The van der Waals surface area contributed by atoms with Gasteiger partial charge in [0.1, 0.15) is 5.88 Å². The minimum Gasteiger partial charge on any atom is -0.336 e. The van der Waals surface area contributed by atoms with Crippen molar-refractivity contribution in [1.82, 2.24) is 19.9 Å². The van der Waals surface area contributed by atoms with Gasteiger partial charge >= 0.3 is 0 Å². The number of halogens is 1. The molecule has 1 aromatic carbocycles. The molecule has 0 fully saturated rings. The van der Waals surface area contributed by atoms with Crippen LogP contribution in [0.3, 0.4) is 0 Å². The van der Waals surface area contributed by atoms with Crippen LogP contribution in [-0.2, 0) is 5.88 Å². The molecule has 18 heavy (non-hydrogen) atoms. The predicted molar refractivity (Wildman–Crippen MR) is 66.4 cm³/mol. The SMILES string of the molecule is ClCc1nc(-n2ccc(-c3ccccc3)n2)no1. The highest BCUT2D eigenvalue weighted by Crippen LogP contribution is 2.17. The smallest absolute Gasteiger partial charge is 0.290 e. The molecule has 0 amide bonds. The van der Waals surface area contributed by atoms with Crippen molar-refractivity contribution in [3.63, 3.8) is 0 Å². The van der Waals surface area contributed by atoms with Gasteiger partial charge < -0.3 is 4.52 Å². The molecule has 5 nitrogen and oxygen atoms in total. The maximum absolute atomic E-state index is 5.60. The van der Waals surface area contributed by atoms with Gasteiger partial charge in [-0.25, -0.2) is 4.68 Å². The first-order valence-corrected chi connectivity index (χ1v) is 5.90. The molecule has 0 N–H and O–H groups in total. The van der Waals surface area contributed by atoms with Crippen LogP contribution in [0.5, 0.6) is 0 Å². The predicted octanol–water partition coefficient (Wildman–Crippen LogP) is 2.66. The summed E-state index contributed by atoms with van der Waals surface area (Å²) in [4.78, 5) is 4.10. The van der Waals surface area contributed by atoms with Gasteiger partial charge in [-0.05, 0) is 11.2 Å². The summed E-state index contributed by atoms with van der Waals surface area (Å²) < 4.78 is 6.49. The van der Waals surface area contributed by atoms with Crippen molar-refractivity contribution in [2.24, 2.45) is 0 Å². The normalized spacial score (nSPS) is 10.7. The van der Waals surface area contributed by atoms with Crippen molar-refractivity contribution in [2.75, 3.05) is 0 Å². The van der Waals surface area contributed by atoms with E-state index in [2.05, 4.69) is 15.2 Å². The van der Waals surface area contributed by atoms with Crippen molar-refractivity contribution in [2.45, 2.75) is 5.88 Å². The summed E-state index contributed by atoms with van der Waals surface area (Å²) in [7, 11) is 0. The molecule has 0 aliphatic rings. The van der Waals surface area contributed by atoms with E-state index in [9.17, 15) is 0 Å². The van der Waals surface area contributed by atoms with Gasteiger partial charge in [0.25, 0.3) is 5.95 Å². The maximum Gasteiger partial charge on any atom is 0.290 e. The van der Waals surface area contributed by atoms with Crippen LogP contribution in [0.15, 0.2) is 47.1 Å². The van der Waals surface area contributed by atoms with Crippen LogP contribution in [0.2, 0.25) is 0 Å². The van der Waals surface area contributed by atoms with E-state index in [0.29, 0.717) is 11.8 Å². The zero-order chi connectivity index (χ0) is 12.4. The van der Waals surface area contributed by atoms with E-state index in [0.717, 1.165) is 11.3 Å². The van der Waals surface area contributed by atoms with E-state index in [4.69, 9.17) is 16.1 Å². The third-order valence-electron chi connectivity index (χ3n) is 2.44. The summed E-state index contributed by atoms with van der Waals surface area (Å²) in [6.45, 7) is 0. The second-order valence-electron chi connectivity index (χ2n) is 3.63. The molecule has 3 aromatic rings. The number of rotatable bonds is 3. The molecule has 0 spiro atoms. The molecule has 90 valence electrons. The largest absolute Gasteiger partial charge is 0.336 e. The van der Waals surface area contributed by atoms with Crippen molar-refractivity contribution in [3.05, 3.63) is 48.5 Å². The van der Waals surface area contributed by atoms with Crippen molar-refractivity contribution in [1.29, 1.82) is 0 Å². The first kappa shape index (κ1) is 11.0. The fraction of sp³-hybridized carbons (Fsp3) is 0.0833. The van der Waals surface area contributed by atoms with Crippen LogP contribution in [0.1, 0.15) is 5.89 Å². The molecule has 6 heteroatoms. The van der Waals surface area contributed by atoms with Crippen LogP contribution in [-0.4, -0.2) is 19.9 Å². The molecule has 0 unspecified atom stereocenters. The summed E-state index contributed by atoms with van der Waals surface area (Å²) >= 11 is 5.60. The van der Waals surface area contributed by atoms with Crippen LogP contribution >= 0.6 is 11.6 Å². The van der Waals surface area contributed by atoms with Gasteiger partial charge in [-0.2, -0.15) is 10.1 Å². The standard InChI is InChI=1S/C12H9ClN4O/c13-8-11-14-12(16-18-11)17-7-6-10(15-17)9-4-2-1-3-5-9/h1-7H,8H2. The van der Waals surface area contributed by atoms with Gasteiger partial charge in [0.15, 0.2) is 0 Å². The van der Waals surface area contributed by atoms with Gasteiger partial charge in [-0.15, -0.1) is 11.6 Å². The third kappa shape index (κ3) is 2.00. The number of hydrogen-bond acceptors (Lipinski definition) is 4. The van der Waals surface area contributed by atoms with Crippen LogP contribution < -0.4 is 0 Å². The molecule has 0 atom stereocenters. The Morgan fingerprint density at radius 3 is 2.72 bits per heavy atom. The average Bonchev–Trinajstić information content (AvgIpc) is 3.08. The molecule has 2 aromatic heterocycles. The summed E-state index contributed by atoms with van der Waals surface area (Å²) in [5, 5.41) is 8.18. The quantitative estimate of drug-likeness (QED) is 0.680. The van der Waals surface area contributed by atoms with E-state index in [1.807, 2.05) is 36.4 Å². The van der Waals surface area contributed by atoms with Crippen LogP contribution in [0, 0.1) is 0 Å². The highest BCUT2D eigenvalue weighted by molar-refractivity contribution is 6.16. The Balaban J connectivity index is 1.94. The number of alkyl halides is 1. The summed E-state index contributed by atoms with van der Waals surface area (Å²) in [5.74, 6) is 0.955. The van der Waals surface area contributed by atoms with E-state index >= 15 is 0 Å². The Bertz CT molecular complexity index is 647. The van der Waals surface area contributed by atoms with Gasteiger partial charge in [-0.1, -0.05) is 30.3 Å². The van der Waals surface area contributed by atoms with Crippen molar-refractivity contribution >= 4 is 11.6 Å². The highest BCUT2D eigenvalue weighted by Gasteiger charge is 2.09. The number of nitrogens with zero attached hydrogens (tertiary/aromatic N) is 4. The summed E-state index contributed by atoms with van der Waals surface area (Å²) in [5.41, 5.74) is 1.89. The van der Waals surface area contributed by atoms with Crippen molar-refractivity contribution in [3.8, 4) is 17.2 Å². The fourth-order valence-electron chi connectivity index (χ4n) is 1.59. The second-order valence-corrected chi connectivity index (χ2v) is 3.90. The second kappa shape index (κ2) is 4.62. The molecule has 0 saturated heterocycles. The molecule has 0 saturated carbocycles. The highest BCUT2D eigenvalue weighted by atomic mass is 35.5. The third-order valence-corrected chi connectivity index (χ3v) is 2.66. The molecular weight excluding hydrogens is 252 g/mol. The average molecular weight is 261 g/mol. The Hall–Kier alpha value is -2.14. The minimum atomic E-state index is 0.194. The molecule has 2 heterocycles. The van der Waals surface area contributed by atoms with Crippen molar-refractivity contribution < 1.29 is 4.52 Å². The maximum atomic E-state index is 5.60. The fourth-order valence-corrected chi connectivity index (χ4v) is 1.70. The van der Waals surface area contributed by atoms with Gasteiger partial charge in [0.05, 0.1) is 5.69 Å². The lowest BCUT2D eigenvalue weighted by Gasteiger charge is -1.94. The first-order valence-electron chi connectivity index (χ1n) is 5.37. The number of aromatic nitrogens is 4. The number of hydrogen-bond donors (Lipinski definition) is 0. The van der Waals surface area contributed by atoms with E-state index < -0.39 is 0 Å². The van der Waals surface area contributed by atoms with Crippen LogP contribution in [0.25, 0.3) is 17.2 Å².